The predicted molar refractivity (Wildman–Crippen MR) is 120 cm³/mol. The lowest BCUT2D eigenvalue weighted by molar-refractivity contribution is -0.177. The smallest absolute Gasteiger partial charge is 0.338 e. The van der Waals surface area contributed by atoms with E-state index < -0.39 is 24.1 Å². The highest BCUT2D eigenvalue weighted by atomic mass is 19.1. The van der Waals surface area contributed by atoms with Gasteiger partial charge in [0.1, 0.15) is 17.3 Å². The summed E-state index contributed by atoms with van der Waals surface area (Å²) in [5, 5.41) is 10.0. The molecule has 0 aliphatic carbocycles. The summed E-state index contributed by atoms with van der Waals surface area (Å²) in [6.45, 7) is 3.54. The lowest BCUT2D eigenvalue weighted by Gasteiger charge is -2.20. The number of aliphatic hydroxyl groups is 1. The van der Waals surface area contributed by atoms with Crippen molar-refractivity contribution in [3.05, 3.63) is 66.0 Å². The van der Waals surface area contributed by atoms with Crippen molar-refractivity contribution >= 4 is 18.0 Å². The Bertz CT molecular complexity index is 911. The number of esters is 2. The van der Waals surface area contributed by atoms with Crippen LogP contribution in [0.1, 0.15) is 32.3 Å². The topological polar surface area (TPSA) is 91.3 Å². The van der Waals surface area contributed by atoms with Gasteiger partial charge in [-0.15, -0.1) is 0 Å². The third-order valence-electron chi connectivity index (χ3n) is 4.37. The zero-order valence-electron chi connectivity index (χ0n) is 18.7. The van der Waals surface area contributed by atoms with Crippen LogP contribution >= 0.6 is 0 Å². The first kappa shape index (κ1) is 26.0. The number of unbranched alkanes of at least 4 members (excludes halogenated alkanes) is 1. The highest BCUT2D eigenvalue weighted by Gasteiger charge is 2.35. The first-order valence-electron chi connectivity index (χ1n) is 10.8. The number of aliphatic hydroxyl groups excluding tert-OH is 1. The average Bonchev–Trinajstić information content (AvgIpc) is 2.79. The molecule has 0 amide bonds. The van der Waals surface area contributed by atoms with Crippen LogP contribution in [-0.2, 0) is 23.8 Å². The van der Waals surface area contributed by atoms with Crippen LogP contribution in [0, 0.1) is 5.82 Å². The van der Waals surface area contributed by atoms with Gasteiger partial charge in [-0.2, -0.15) is 0 Å². The second kappa shape index (κ2) is 14.0. The SMILES string of the molecule is CCOC(=O)C(O)C(OCCCC=Cc1ccc(Oc2cccc(F)c2)cc1)C(=O)OCC. The fourth-order valence-corrected chi connectivity index (χ4v) is 2.81. The molecule has 0 bridgehead atoms. The standard InChI is InChI=1S/C25H29FO7/c1-3-30-24(28)22(27)23(25(29)31-4-2)32-16-7-5-6-9-18-12-14-20(15-13-18)33-21-11-8-10-19(26)17-21/h6,8-15,17,22-23,27H,3-5,7,16H2,1-2H3. The van der Waals surface area contributed by atoms with Gasteiger partial charge in [0.25, 0.3) is 0 Å². The Hall–Kier alpha value is -3.23. The summed E-state index contributed by atoms with van der Waals surface area (Å²) in [4.78, 5) is 23.7. The van der Waals surface area contributed by atoms with Crippen molar-refractivity contribution in [2.75, 3.05) is 19.8 Å². The minimum Gasteiger partial charge on any atom is -0.464 e. The molecule has 0 fully saturated rings. The van der Waals surface area contributed by atoms with Crippen LogP contribution in [0.3, 0.4) is 0 Å². The quantitative estimate of drug-likeness (QED) is 0.352. The normalized spacial score (nSPS) is 12.8. The number of hydrogen-bond donors (Lipinski definition) is 1. The summed E-state index contributed by atoms with van der Waals surface area (Å²) in [5.41, 5.74) is 0.949. The Morgan fingerprint density at radius 3 is 2.36 bits per heavy atom. The third-order valence-corrected chi connectivity index (χ3v) is 4.37. The highest BCUT2D eigenvalue weighted by molar-refractivity contribution is 5.85. The highest BCUT2D eigenvalue weighted by Crippen LogP contribution is 2.22. The number of halogens is 1. The Morgan fingerprint density at radius 1 is 1.00 bits per heavy atom. The summed E-state index contributed by atoms with van der Waals surface area (Å²) in [7, 11) is 0. The number of benzene rings is 2. The Labute approximate surface area is 192 Å². The van der Waals surface area contributed by atoms with Gasteiger partial charge in [0, 0.05) is 12.7 Å². The van der Waals surface area contributed by atoms with Crippen molar-refractivity contribution < 1.29 is 38.0 Å². The first-order chi connectivity index (χ1) is 15.9. The van der Waals surface area contributed by atoms with E-state index in [2.05, 4.69) is 0 Å². The lowest BCUT2D eigenvalue weighted by Crippen LogP contribution is -2.43. The van der Waals surface area contributed by atoms with E-state index in [1.54, 1.807) is 38.1 Å². The van der Waals surface area contributed by atoms with Crippen molar-refractivity contribution in [3.63, 3.8) is 0 Å². The van der Waals surface area contributed by atoms with E-state index in [-0.39, 0.29) is 25.6 Å². The summed E-state index contributed by atoms with van der Waals surface area (Å²) in [5.74, 6) is -1.08. The third kappa shape index (κ3) is 9.03. The van der Waals surface area contributed by atoms with Crippen molar-refractivity contribution in [3.8, 4) is 11.5 Å². The minimum absolute atomic E-state index is 0.0775. The fourth-order valence-electron chi connectivity index (χ4n) is 2.81. The molecule has 2 atom stereocenters. The molecule has 0 saturated heterocycles. The van der Waals surface area contributed by atoms with E-state index in [4.69, 9.17) is 18.9 Å². The van der Waals surface area contributed by atoms with Crippen molar-refractivity contribution in [1.29, 1.82) is 0 Å². The molecule has 2 rings (SSSR count). The zero-order valence-corrected chi connectivity index (χ0v) is 18.7. The molecule has 178 valence electrons. The molecule has 0 saturated carbocycles. The van der Waals surface area contributed by atoms with Gasteiger partial charge in [-0.25, -0.2) is 14.0 Å². The second-order valence-corrected chi connectivity index (χ2v) is 6.91. The molecule has 2 aromatic carbocycles. The van der Waals surface area contributed by atoms with E-state index in [0.717, 1.165) is 5.56 Å². The van der Waals surface area contributed by atoms with E-state index in [0.29, 0.717) is 24.3 Å². The number of allylic oxidation sites excluding steroid dienone is 1. The summed E-state index contributed by atoms with van der Waals surface area (Å²) >= 11 is 0. The monoisotopic (exact) mass is 460 g/mol. The Morgan fingerprint density at radius 2 is 1.70 bits per heavy atom. The summed E-state index contributed by atoms with van der Waals surface area (Å²) in [6.07, 6.45) is 1.89. The predicted octanol–water partition coefficient (Wildman–Crippen LogP) is 4.28. The van der Waals surface area contributed by atoms with Crippen LogP contribution < -0.4 is 4.74 Å². The van der Waals surface area contributed by atoms with Crippen LogP contribution in [0.5, 0.6) is 11.5 Å². The number of carbonyl (C=O) groups is 2. The molecular weight excluding hydrogens is 431 g/mol. The maximum atomic E-state index is 13.2. The van der Waals surface area contributed by atoms with Crippen molar-refractivity contribution in [2.45, 2.75) is 38.9 Å². The average molecular weight is 460 g/mol. The molecule has 33 heavy (non-hydrogen) atoms. The lowest BCUT2D eigenvalue weighted by atomic mass is 10.1. The van der Waals surface area contributed by atoms with Gasteiger partial charge < -0.3 is 24.1 Å². The maximum Gasteiger partial charge on any atom is 0.338 e. The number of rotatable bonds is 13. The molecule has 0 spiro atoms. The van der Waals surface area contributed by atoms with Crippen LogP contribution in [-0.4, -0.2) is 49.1 Å². The van der Waals surface area contributed by atoms with Gasteiger partial charge in [-0.3, -0.25) is 0 Å². The fraction of sp³-hybridized carbons (Fsp3) is 0.360. The largest absolute Gasteiger partial charge is 0.464 e. The zero-order chi connectivity index (χ0) is 24.1. The number of hydrogen-bond acceptors (Lipinski definition) is 7. The van der Waals surface area contributed by atoms with Crippen LogP contribution in [0.4, 0.5) is 4.39 Å². The van der Waals surface area contributed by atoms with Crippen molar-refractivity contribution in [2.24, 2.45) is 0 Å². The van der Waals surface area contributed by atoms with Gasteiger partial charge in [0.2, 0.25) is 0 Å². The van der Waals surface area contributed by atoms with Crippen LogP contribution in [0.15, 0.2) is 54.6 Å². The maximum absolute atomic E-state index is 13.2. The molecule has 0 radical (unpaired) electrons. The second-order valence-electron chi connectivity index (χ2n) is 6.91. The van der Waals surface area contributed by atoms with Gasteiger partial charge in [0.05, 0.1) is 13.2 Å². The number of carbonyl (C=O) groups excluding carboxylic acids is 2. The molecule has 8 heteroatoms. The number of ether oxygens (including phenoxy) is 4. The van der Waals surface area contributed by atoms with E-state index >= 15 is 0 Å². The summed E-state index contributed by atoms with van der Waals surface area (Å²) < 4.78 is 33.9. The molecule has 2 aromatic rings. The minimum atomic E-state index is -1.74. The Kier molecular flexibility index (Phi) is 11.1. The van der Waals surface area contributed by atoms with Crippen LogP contribution in [0.25, 0.3) is 6.08 Å². The van der Waals surface area contributed by atoms with Gasteiger partial charge >= 0.3 is 11.9 Å². The molecule has 0 aliphatic heterocycles. The van der Waals surface area contributed by atoms with E-state index in [9.17, 15) is 19.1 Å². The molecule has 0 heterocycles. The van der Waals surface area contributed by atoms with Gasteiger partial charge in [-0.1, -0.05) is 30.4 Å². The molecular formula is C25H29FO7. The molecule has 1 N–H and O–H groups in total. The molecule has 0 aliphatic rings. The molecule has 7 nitrogen and oxygen atoms in total. The molecule has 2 unspecified atom stereocenters. The summed E-state index contributed by atoms with van der Waals surface area (Å²) in [6, 6.07) is 13.2. The molecule has 0 aromatic heterocycles. The first-order valence-corrected chi connectivity index (χ1v) is 10.8. The van der Waals surface area contributed by atoms with E-state index in [1.807, 2.05) is 24.3 Å². The van der Waals surface area contributed by atoms with Gasteiger partial charge in [-0.05, 0) is 56.5 Å². The van der Waals surface area contributed by atoms with Crippen molar-refractivity contribution in [1.82, 2.24) is 0 Å². The van der Waals surface area contributed by atoms with Crippen LogP contribution in [0.2, 0.25) is 0 Å². The van der Waals surface area contributed by atoms with Gasteiger partial charge in [0.15, 0.2) is 12.2 Å². The van der Waals surface area contributed by atoms with E-state index in [1.165, 1.54) is 12.1 Å². The Balaban J connectivity index is 1.79.